The molecule has 0 N–H and O–H groups in total. The zero-order chi connectivity index (χ0) is 15.3. The Labute approximate surface area is 126 Å². The molecule has 0 fully saturated rings. The van der Waals surface area contributed by atoms with E-state index in [1.54, 1.807) is 6.92 Å². The summed E-state index contributed by atoms with van der Waals surface area (Å²) in [5.74, 6) is 1.05. The van der Waals surface area contributed by atoms with E-state index in [1.165, 1.54) is 6.20 Å². The van der Waals surface area contributed by atoms with Gasteiger partial charge in [-0.3, -0.25) is 10.1 Å². The second kappa shape index (κ2) is 7.20. The van der Waals surface area contributed by atoms with Crippen LogP contribution < -0.4 is 4.90 Å². The molecule has 6 nitrogen and oxygen atoms in total. The molecule has 1 heterocycles. The molecular formula is C13H17BrN4O2. The molecule has 0 aliphatic carbocycles. The van der Waals surface area contributed by atoms with Crippen LogP contribution in [0.5, 0.6) is 0 Å². The molecule has 1 aromatic rings. The van der Waals surface area contributed by atoms with Crippen molar-refractivity contribution in [3.8, 4) is 6.07 Å². The van der Waals surface area contributed by atoms with E-state index in [9.17, 15) is 10.1 Å². The predicted molar refractivity (Wildman–Crippen MR) is 80.6 cm³/mol. The Kier molecular flexibility index (Phi) is 5.89. The summed E-state index contributed by atoms with van der Waals surface area (Å²) in [4.78, 5) is 16.6. The number of pyridine rings is 1. The molecule has 20 heavy (non-hydrogen) atoms. The number of rotatable bonds is 6. The largest absolute Gasteiger partial charge is 0.354 e. The maximum Gasteiger partial charge on any atom is 0.291 e. The molecule has 0 bridgehead atoms. The van der Waals surface area contributed by atoms with Crippen LogP contribution in [0.25, 0.3) is 0 Å². The molecule has 0 amide bonds. The summed E-state index contributed by atoms with van der Waals surface area (Å²) in [6.07, 6.45) is 1.66. The maximum atomic E-state index is 10.9. The summed E-state index contributed by atoms with van der Waals surface area (Å²) in [5.41, 5.74) is 0.538. The van der Waals surface area contributed by atoms with E-state index in [-0.39, 0.29) is 5.69 Å². The summed E-state index contributed by atoms with van der Waals surface area (Å²) in [6, 6.07) is 2.11. The Morgan fingerprint density at radius 3 is 2.75 bits per heavy atom. The highest BCUT2D eigenvalue weighted by Gasteiger charge is 2.21. The maximum absolute atomic E-state index is 10.9. The smallest absolute Gasteiger partial charge is 0.291 e. The van der Waals surface area contributed by atoms with Crippen molar-refractivity contribution in [2.45, 2.75) is 27.2 Å². The summed E-state index contributed by atoms with van der Waals surface area (Å²) >= 11 is 3.39. The minimum absolute atomic E-state index is 0.00888. The van der Waals surface area contributed by atoms with Gasteiger partial charge >= 0.3 is 0 Å². The molecule has 0 unspecified atom stereocenters. The third kappa shape index (κ3) is 3.90. The number of aromatic nitrogens is 1. The fraction of sp³-hybridized carbons (Fsp3) is 0.538. The van der Waals surface area contributed by atoms with Gasteiger partial charge in [-0.1, -0.05) is 13.8 Å². The third-order valence-corrected chi connectivity index (χ3v) is 3.74. The number of nitriles is 1. The average molecular weight is 341 g/mol. The van der Waals surface area contributed by atoms with Gasteiger partial charge in [0.15, 0.2) is 0 Å². The van der Waals surface area contributed by atoms with Gasteiger partial charge in [0, 0.05) is 18.7 Å². The van der Waals surface area contributed by atoms with Crippen LogP contribution in [0.4, 0.5) is 11.5 Å². The van der Waals surface area contributed by atoms with E-state index < -0.39 is 4.92 Å². The van der Waals surface area contributed by atoms with Crippen LogP contribution in [0, 0.1) is 34.3 Å². The van der Waals surface area contributed by atoms with Gasteiger partial charge in [0.25, 0.3) is 5.69 Å². The summed E-state index contributed by atoms with van der Waals surface area (Å²) in [7, 11) is 0. The number of nitro groups is 1. The highest BCUT2D eigenvalue weighted by molar-refractivity contribution is 9.10. The van der Waals surface area contributed by atoms with Gasteiger partial charge in [0.2, 0.25) is 0 Å². The van der Waals surface area contributed by atoms with Crippen molar-refractivity contribution in [3.05, 3.63) is 26.3 Å². The Balaban J connectivity index is 3.17. The number of hydrogen-bond donors (Lipinski definition) is 0. The van der Waals surface area contributed by atoms with Crippen LogP contribution in [0.1, 0.15) is 25.8 Å². The van der Waals surface area contributed by atoms with Gasteiger partial charge in [-0.05, 0) is 28.8 Å². The van der Waals surface area contributed by atoms with E-state index in [2.05, 4.69) is 40.8 Å². The summed E-state index contributed by atoms with van der Waals surface area (Å²) in [6.45, 7) is 7.13. The Morgan fingerprint density at radius 1 is 1.60 bits per heavy atom. The molecule has 7 heteroatoms. The number of hydrogen-bond acceptors (Lipinski definition) is 5. The lowest BCUT2D eigenvalue weighted by Gasteiger charge is -2.26. The first-order valence-corrected chi connectivity index (χ1v) is 7.09. The Hall–Kier alpha value is -1.68. The lowest BCUT2D eigenvalue weighted by Crippen LogP contribution is -2.30. The minimum Gasteiger partial charge on any atom is -0.354 e. The molecule has 1 rings (SSSR count). The molecular weight excluding hydrogens is 324 g/mol. The lowest BCUT2D eigenvalue weighted by molar-refractivity contribution is -0.385. The van der Waals surface area contributed by atoms with E-state index >= 15 is 0 Å². The molecule has 0 aliphatic rings. The second-order valence-corrected chi connectivity index (χ2v) is 5.70. The second-order valence-electron chi connectivity index (χ2n) is 4.91. The normalized spacial score (nSPS) is 10.4. The number of nitrogens with zero attached hydrogens (tertiary/aromatic N) is 4. The molecule has 0 radical (unpaired) electrons. The fourth-order valence-electron chi connectivity index (χ4n) is 1.87. The SMILES string of the molecule is Cc1c([N+](=O)[O-])cnc(N(CCC#N)CC(C)C)c1Br. The quantitative estimate of drug-likeness (QED) is 0.585. The van der Waals surface area contributed by atoms with E-state index in [4.69, 9.17) is 5.26 Å². The van der Waals surface area contributed by atoms with Gasteiger partial charge in [0.1, 0.15) is 12.0 Å². The monoisotopic (exact) mass is 340 g/mol. The van der Waals surface area contributed by atoms with E-state index in [0.717, 1.165) is 6.54 Å². The Morgan fingerprint density at radius 2 is 2.25 bits per heavy atom. The van der Waals surface area contributed by atoms with E-state index in [1.807, 2.05) is 4.90 Å². The molecule has 1 aromatic heterocycles. The summed E-state index contributed by atoms with van der Waals surface area (Å²) < 4.78 is 0.616. The van der Waals surface area contributed by atoms with Crippen molar-refractivity contribution >= 4 is 27.4 Å². The zero-order valence-electron chi connectivity index (χ0n) is 11.8. The first kappa shape index (κ1) is 16.4. The molecule has 0 atom stereocenters. The fourth-order valence-corrected chi connectivity index (χ4v) is 2.43. The molecule has 0 spiro atoms. The highest BCUT2D eigenvalue weighted by atomic mass is 79.9. The van der Waals surface area contributed by atoms with E-state index in [0.29, 0.717) is 34.7 Å². The van der Waals surface area contributed by atoms with Crippen LogP contribution in [-0.4, -0.2) is 23.0 Å². The van der Waals surface area contributed by atoms with Crippen molar-refractivity contribution in [2.24, 2.45) is 5.92 Å². The molecule has 108 valence electrons. The van der Waals surface area contributed by atoms with Crippen LogP contribution in [0.2, 0.25) is 0 Å². The first-order valence-electron chi connectivity index (χ1n) is 6.29. The van der Waals surface area contributed by atoms with Crippen molar-refractivity contribution < 1.29 is 4.92 Å². The summed E-state index contributed by atoms with van der Waals surface area (Å²) in [5, 5.41) is 19.6. The molecule has 0 aromatic carbocycles. The van der Waals surface area contributed by atoms with Crippen molar-refractivity contribution in [1.29, 1.82) is 5.26 Å². The van der Waals surface area contributed by atoms with Gasteiger partial charge < -0.3 is 4.90 Å². The lowest BCUT2D eigenvalue weighted by atomic mass is 10.2. The number of halogens is 1. The van der Waals surface area contributed by atoms with Crippen LogP contribution in [0.15, 0.2) is 10.7 Å². The van der Waals surface area contributed by atoms with Crippen LogP contribution in [0.3, 0.4) is 0 Å². The third-order valence-electron chi connectivity index (χ3n) is 2.79. The van der Waals surface area contributed by atoms with Crippen molar-refractivity contribution in [3.63, 3.8) is 0 Å². The van der Waals surface area contributed by atoms with Crippen molar-refractivity contribution in [2.75, 3.05) is 18.0 Å². The highest BCUT2D eigenvalue weighted by Crippen LogP contribution is 2.33. The molecule has 0 saturated carbocycles. The van der Waals surface area contributed by atoms with Gasteiger partial charge in [0.05, 0.1) is 21.9 Å². The van der Waals surface area contributed by atoms with Gasteiger partial charge in [-0.2, -0.15) is 5.26 Å². The minimum atomic E-state index is -0.445. The van der Waals surface area contributed by atoms with Crippen molar-refractivity contribution in [1.82, 2.24) is 4.98 Å². The first-order chi connectivity index (χ1) is 9.38. The molecule has 0 saturated heterocycles. The Bertz CT molecular complexity index is 540. The van der Waals surface area contributed by atoms with Crippen LogP contribution >= 0.6 is 15.9 Å². The molecule has 0 aliphatic heterocycles. The van der Waals surface area contributed by atoms with Gasteiger partial charge in [-0.25, -0.2) is 4.98 Å². The predicted octanol–water partition coefficient (Wildman–Crippen LogP) is 3.44. The average Bonchev–Trinajstić information content (AvgIpc) is 2.37. The van der Waals surface area contributed by atoms with Gasteiger partial charge in [-0.15, -0.1) is 0 Å². The number of anilines is 1. The zero-order valence-corrected chi connectivity index (χ0v) is 13.3. The topological polar surface area (TPSA) is 83.1 Å². The van der Waals surface area contributed by atoms with Crippen LogP contribution in [-0.2, 0) is 0 Å². The standard InChI is InChI=1S/C13H17BrN4O2/c1-9(2)8-17(6-4-5-15)13-12(14)10(3)11(7-16-13)18(19)20/h7,9H,4,6,8H2,1-3H3.